The Kier molecular flexibility index (Phi) is 4.87. The Hall–Kier alpha value is -1.91. The van der Waals surface area contributed by atoms with Crippen LogP contribution in [-0.4, -0.2) is 36.9 Å². The summed E-state index contributed by atoms with van der Waals surface area (Å²) in [5, 5.41) is 2.48. The molecule has 0 aliphatic rings. The minimum absolute atomic E-state index is 0.227. The third kappa shape index (κ3) is 3.79. The molecule has 0 aliphatic heterocycles. The van der Waals surface area contributed by atoms with Gasteiger partial charge >= 0.3 is 0 Å². The maximum Gasteiger partial charge on any atom is 0.246 e. The number of hydrogen-bond donors (Lipinski definition) is 2. The van der Waals surface area contributed by atoms with Crippen molar-refractivity contribution in [2.75, 3.05) is 18.1 Å². The molecular weight excluding hydrogens is 278 g/mol. The molecule has 20 heavy (non-hydrogen) atoms. The molecule has 3 N–H and O–H groups in total. The van der Waals surface area contributed by atoms with Gasteiger partial charge < -0.3 is 11.1 Å². The Morgan fingerprint density at radius 1 is 1.50 bits per heavy atom. The molecule has 1 rings (SSSR count). The van der Waals surface area contributed by atoms with E-state index in [2.05, 4.69) is 22.1 Å². The lowest BCUT2D eigenvalue weighted by molar-refractivity contribution is -0.117. The molecule has 6 nitrogen and oxygen atoms in total. The third-order valence-electron chi connectivity index (χ3n) is 2.81. The van der Waals surface area contributed by atoms with Crippen molar-refractivity contribution in [2.45, 2.75) is 18.6 Å². The monoisotopic (exact) mass is 295 g/mol. The number of anilines is 1. The van der Waals surface area contributed by atoms with Crippen LogP contribution in [0.25, 0.3) is 0 Å². The highest BCUT2D eigenvalue weighted by Crippen LogP contribution is 2.18. The van der Waals surface area contributed by atoms with Crippen LogP contribution in [0.5, 0.6) is 0 Å². The molecule has 1 amide bonds. The van der Waals surface area contributed by atoms with Gasteiger partial charge in [-0.05, 0) is 26.0 Å². The maximum absolute atomic E-state index is 12.0. The molecule has 0 bridgehead atoms. The molecule has 108 valence electrons. The lowest BCUT2D eigenvalue weighted by Gasteiger charge is -2.21. The Balaban J connectivity index is 2.97. The second kappa shape index (κ2) is 6.03. The van der Waals surface area contributed by atoms with E-state index >= 15 is 0 Å². The predicted octanol–water partition coefficient (Wildman–Crippen LogP) is 0.154. The Morgan fingerprint density at radius 2 is 2.15 bits per heavy atom. The normalized spacial score (nSPS) is 11.4. The zero-order chi connectivity index (χ0) is 15.4. The standard InChI is InChI=1S/C13H17N3O3S/c1-13(2,20(3,18)19)12(17)16-11-9-10(5-4-7-14)6-8-15-11/h6,8-9H,7,14H2,1-3H3,(H,15,16,17). The molecule has 0 unspecified atom stereocenters. The molecule has 0 aliphatic carbocycles. The molecule has 0 radical (unpaired) electrons. The van der Waals surface area contributed by atoms with E-state index in [-0.39, 0.29) is 12.4 Å². The van der Waals surface area contributed by atoms with Gasteiger partial charge in [-0.1, -0.05) is 11.8 Å². The van der Waals surface area contributed by atoms with E-state index in [4.69, 9.17) is 5.73 Å². The first-order chi connectivity index (χ1) is 9.18. The van der Waals surface area contributed by atoms with Gasteiger partial charge in [-0.2, -0.15) is 0 Å². The first-order valence-electron chi connectivity index (χ1n) is 5.84. The van der Waals surface area contributed by atoms with Crippen molar-refractivity contribution < 1.29 is 13.2 Å². The first-order valence-corrected chi connectivity index (χ1v) is 7.73. The molecule has 1 heterocycles. The van der Waals surface area contributed by atoms with Gasteiger partial charge in [0.15, 0.2) is 9.84 Å². The van der Waals surface area contributed by atoms with Gasteiger partial charge in [-0.3, -0.25) is 4.79 Å². The van der Waals surface area contributed by atoms with Crippen LogP contribution in [0.3, 0.4) is 0 Å². The second-order valence-corrected chi connectivity index (χ2v) is 7.24. The van der Waals surface area contributed by atoms with Crippen molar-refractivity contribution in [1.29, 1.82) is 0 Å². The zero-order valence-corrected chi connectivity index (χ0v) is 12.4. The van der Waals surface area contributed by atoms with Crippen LogP contribution < -0.4 is 11.1 Å². The number of amides is 1. The number of carbonyl (C=O) groups excluding carboxylic acids is 1. The highest BCUT2D eigenvalue weighted by molar-refractivity contribution is 7.92. The highest BCUT2D eigenvalue weighted by Gasteiger charge is 2.38. The summed E-state index contributed by atoms with van der Waals surface area (Å²) in [4.78, 5) is 16.0. The molecular formula is C13H17N3O3S. The number of nitrogens with zero attached hydrogens (tertiary/aromatic N) is 1. The minimum atomic E-state index is -3.53. The van der Waals surface area contributed by atoms with E-state index in [1.807, 2.05) is 0 Å². The zero-order valence-electron chi connectivity index (χ0n) is 11.6. The smallest absolute Gasteiger partial charge is 0.246 e. The molecule has 0 spiro atoms. The average Bonchev–Trinajstić information content (AvgIpc) is 2.35. The van der Waals surface area contributed by atoms with Crippen LogP contribution in [-0.2, 0) is 14.6 Å². The Morgan fingerprint density at radius 3 is 2.70 bits per heavy atom. The van der Waals surface area contributed by atoms with E-state index < -0.39 is 20.5 Å². The molecule has 0 atom stereocenters. The molecule has 0 saturated heterocycles. The van der Waals surface area contributed by atoms with E-state index in [0.717, 1.165) is 6.26 Å². The fourth-order valence-corrected chi connectivity index (χ4v) is 1.55. The molecule has 0 saturated carbocycles. The summed E-state index contributed by atoms with van der Waals surface area (Å²) in [5.41, 5.74) is 5.91. The van der Waals surface area contributed by atoms with Gasteiger partial charge in [-0.15, -0.1) is 0 Å². The second-order valence-electron chi connectivity index (χ2n) is 4.67. The average molecular weight is 295 g/mol. The lowest BCUT2D eigenvalue weighted by atomic mass is 10.2. The van der Waals surface area contributed by atoms with Crippen LogP contribution >= 0.6 is 0 Å². The molecule has 0 fully saturated rings. The Labute approximate surface area is 118 Å². The number of carbonyl (C=O) groups is 1. The summed E-state index contributed by atoms with van der Waals surface area (Å²) < 4.78 is 21.6. The molecule has 1 aromatic heterocycles. The lowest BCUT2D eigenvalue weighted by Crippen LogP contribution is -2.44. The van der Waals surface area contributed by atoms with Crippen LogP contribution in [0, 0.1) is 11.8 Å². The topological polar surface area (TPSA) is 102 Å². The van der Waals surface area contributed by atoms with Crippen molar-refractivity contribution in [3.8, 4) is 11.8 Å². The first kappa shape index (κ1) is 16.1. The Bertz CT molecular complexity index is 670. The molecule has 1 aromatic rings. The van der Waals surface area contributed by atoms with Gasteiger partial charge in [0.1, 0.15) is 10.6 Å². The van der Waals surface area contributed by atoms with Crippen molar-refractivity contribution in [2.24, 2.45) is 5.73 Å². The highest BCUT2D eigenvalue weighted by atomic mass is 32.2. The number of hydrogen-bond acceptors (Lipinski definition) is 5. The number of sulfone groups is 1. The van der Waals surface area contributed by atoms with E-state index in [0.29, 0.717) is 5.56 Å². The van der Waals surface area contributed by atoms with Crippen LogP contribution in [0.4, 0.5) is 5.82 Å². The van der Waals surface area contributed by atoms with Gasteiger partial charge in [-0.25, -0.2) is 13.4 Å². The number of nitrogens with two attached hydrogens (primary N) is 1. The maximum atomic E-state index is 12.0. The van der Waals surface area contributed by atoms with Crippen molar-refractivity contribution in [3.05, 3.63) is 23.9 Å². The van der Waals surface area contributed by atoms with Crippen molar-refractivity contribution in [1.82, 2.24) is 4.98 Å². The van der Waals surface area contributed by atoms with Crippen molar-refractivity contribution >= 4 is 21.6 Å². The van der Waals surface area contributed by atoms with Gasteiger partial charge in [0, 0.05) is 18.0 Å². The summed E-state index contributed by atoms with van der Waals surface area (Å²) in [6, 6.07) is 3.22. The van der Waals surface area contributed by atoms with Crippen molar-refractivity contribution in [3.63, 3.8) is 0 Å². The predicted molar refractivity (Wildman–Crippen MR) is 77.7 cm³/mol. The largest absolute Gasteiger partial charge is 0.320 e. The summed E-state index contributed by atoms with van der Waals surface area (Å²) in [5.74, 6) is 5.09. The number of rotatable bonds is 3. The molecule has 0 aromatic carbocycles. The van der Waals surface area contributed by atoms with Gasteiger partial charge in [0.05, 0.1) is 6.54 Å². The summed E-state index contributed by atoms with van der Waals surface area (Å²) in [6.45, 7) is 2.91. The molecule has 7 heteroatoms. The van der Waals surface area contributed by atoms with Crippen LogP contribution in [0.2, 0.25) is 0 Å². The summed E-state index contributed by atoms with van der Waals surface area (Å²) in [6.07, 6.45) is 2.49. The fraction of sp³-hybridized carbons (Fsp3) is 0.385. The van der Waals surface area contributed by atoms with E-state index in [9.17, 15) is 13.2 Å². The van der Waals surface area contributed by atoms with Crippen LogP contribution in [0.15, 0.2) is 18.3 Å². The quantitative estimate of drug-likeness (QED) is 0.773. The van der Waals surface area contributed by atoms with Gasteiger partial charge in [0.2, 0.25) is 5.91 Å². The number of pyridine rings is 1. The minimum Gasteiger partial charge on any atom is -0.320 e. The van der Waals surface area contributed by atoms with E-state index in [1.54, 1.807) is 12.1 Å². The van der Waals surface area contributed by atoms with E-state index in [1.165, 1.54) is 20.0 Å². The SMILES string of the molecule is CC(C)(C(=O)Nc1cc(C#CCN)ccn1)S(C)(=O)=O. The number of aromatic nitrogens is 1. The fourth-order valence-electron chi connectivity index (χ4n) is 1.16. The van der Waals surface area contributed by atoms with Gasteiger partial charge in [0.25, 0.3) is 0 Å². The summed E-state index contributed by atoms with van der Waals surface area (Å²) >= 11 is 0. The van der Waals surface area contributed by atoms with Crippen LogP contribution in [0.1, 0.15) is 19.4 Å². The number of nitrogens with one attached hydrogen (secondary N) is 1. The third-order valence-corrected chi connectivity index (χ3v) is 4.85. The summed E-state index contributed by atoms with van der Waals surface area (Å²) in [7, 11) is -3.53.